The Balaban J connectivity index is 1.27. The van der Waals surface area contributed by atoms with Gasteiger partial charge in [0.05, 0.1) is 60.0 Å². The summed E-state index contributed by atoms with van der Waals surface area (Å²) in [5.41, 5.74) is 2.75. The second-order valence-corrected chi connectivity index (χ2v) is 18.5. The highest BCUT2D eigenvalue weighted by atomic mass is 32.2. The zero-order chi connectivity index (χ0) is 45.7. The van der Waals surface area contributed by atoms with Gasteiger partial charge in [-0.1, -0.05) is 108 Å². The first-order valence-corrected chi connectivity index (χ1v) is 24.6. The SMILES string of the molecule is CCCCCCCCCCCCCCOC(=O)c1ccc(OC)c(NC(=O)C(=Nc2ccc([N+]3(CC)CC3NS(C)(=O)=O)cc2C)c2nc3ccccc3c(=O)n2-c2ccccc2)c1. The molecule has 14 heteroatoms. The topological polar surface area (TPSA) is 158 Å². The molecule has 2 atom stereocenters. The van der Waals surface area contributed by atoms with Gasteiger partial charge in [-0.2, -0.15) is 4.72 Å². The second kappa shape index (κ2) is 22.3. The number of hydrogen-bond acceptors (Lipinski definition) is 9. The summed E-state index contributed by atoms with van der Waals surface area (Å²) in [5.74, 6) is -0.945. The summed E-state index contributed by atoms with van der Waals surface area (Å²) in [7, 11) is -1.96. The van der Waals surface area contributed by atoms with Gasteiger partial charge in [0.2, 0.25) is 16.2 Å². The molecule has 340 valence electrons. The van der Waals surface area contributed by atoms with Crippen LogP contribution in [0.2, 0.25) is 0 Å². The molecule has 13 nitrogen and oxygen atoms in total. The Bertz CT molecular complexity index is 2610. The van der Waals surface area contributed by atoms with Crippen LogP contribution in [0.25, 0.3) is 16.6 Å². The fourth-order valence-electron chi connectivity index (χ4n) is 8.24. The number of nitrogens with one attached hydrogen (secondary N) is 2. The van der Waals surface area contributed by atoms with Crippen molar-refractivity contribution < 1.29 is 27.5 Å². The normalized spacial score (nSPS) is 16.1. The van der Waals surface area contributed by atoms with E-state index in [1.807, 2.05) is 32.0 Å². The number of ether oxygens (including phenoxy) is 2. The Morgan fingerprint density at radius 1 is 0.844 bits per heavy atom. The van der Waals surface area contributed by atoms with E-state index in [9.17, 15) is 22.8 Å². The number of quaternary nitrogens is 1. The van der Waals surface area contributed by atoms with Crippen molar-refractivity contribution in [2.75, 3.05) is 38.4 Å². The van der Waals surface area contributed by atoms with E-state index in [4.69, 9.17) is 19.5 Å². The fourth-order valence-corrected chi connectivity index (χ4v) is 9.01. The molecule has 0 saturated carbocycles. The van der Waals surface area contributed by atoms with Crippen molar-refractivity contribution in [1.29, 1.82) is 0 Å². The number of fused-ring (bicyclic) bond motifs is 1. The summed E-state index contributed by atoms with van der Waals surface area (Å²) in [6.07, 6.45) is 15.3. The number of anilines is 1. The molecule has 4 aromatic carbocycles. The summed E-state index contributed by atoms with van der Waals surface area (Å²) in [4.78, 5) is 52.3. The lowest BCUT2D eigenvalue weighted by molar-refractivity contribution is -0.110. The third kappa shape index (κ3) is 12.1. The van der Waals surface area contributed by atoms with Crippen molar-refractivity contribution in [2.45, 2.75) is 104 Å². The number of methoxy groups -OCH3 is 1. The van der Waals surface area contributed by atoms with E-state index >= 15 is 0 Å². The lowest BCUT2D eigenvalue weighted by atomic mass is 10.1. The van der Waals surface area contributed by atoms with E-state index in [0.717, 1.165) is 31.2 Å². The molecule has 1 saturated heterocycles. The standard InChI is InChI=1S/C50H62N6O7S/c1-6-8-9-10-11-12-13-14-15-16-17-23-32-63-50(59)37-28-31-44(62-4)43(34-37)53-48(57)46(47-52-42-27-22-21-26-40(42)49(58)55(47)38-24-19-18-20-25-38)51-41-30-29-39(33-36(41)3)56(7-2)35-45(56)54-64(5,60)61/h18-22,24-31,33-34,45,54H,6-17,23,32,35H2,1-5H3/p+1. The molecule has 0 radical (unpaired) electrons. The highest BCUT2D eigenvalue weighted by Gasteiger charge is 2.57. The number of rotatable bonds is 24. The molecule has 1 fully saturated rings. The third-order valence-electron chi connectivity index (χ3n) is 11.9. The Hall–Kier alpha value is -5.70. The molecule has 1 aliphatic heterocycles. The van der Waals surface area contributed by atoms with E-state index in [2.05, 4.69) is 17.0 Å². The van der Waals surface area contributed by atoms with Crippen LogP contribution in [0.5, 0.6) is 5.75 Å². The number of nitrogens with zero attached hydrogens (tertiary/aromatic N) is 4. The fraction of sp³-hybridized carbons (Fsp3) is 0.420. The van der Waals surface area contributed by atoms with Crippen LogP contribution < -0.4 is 24.8 Å². The Morgan fingerprint density at radius 2 is 1.50 bits per heavy atom. The van der Waals surface area contributed by atoms with Gasteiger partial charge in [-0.25, -0.2) is 23.2 Å². The van der Waals surface area contributed by atoms with Crippen molar-refractivity contribution >= 4 is 55.6 Å². The van der Waals surface area contributed by atoms with Gasteiger partial charge in [-0.15, -0.1) is 0 Å². The summed E-state index contributed by atoms with van der Waals surface area (Å²) in [6.45, 7) is 7.64. The van der Waals surface area contributed by atoms with Crippen molar-refractivity contribution in [3.05, 3.63) is 118 Å². The molecule has 2 unspecified atom stereocenters. The molecule has 1 aromatic heterocycles. The van der Waals surface area contributed by atoms with Crippen LogP contribution in [0.15, 0.2) is 101 Å². The molecule has 64 heavy (non-hydrogen) atoms. The van der Waals surface area contributed by atoms with E-state index in [0.29, 0.717) is 51.2 Å². The van der Waals surface area contributed by atoms with E-state index in [1.165, 1.54) is 75.5 Å². The van der Waals surface area contributed by atoms with Gasteiger partial charge in [-0.3, -0.25) is 18.6 Å². The van der Waals surface area contributed by atoms with Gasteiger partial charge in [0, 0.05) is 12.1 Å². The van der Waals surface area contributed by atoms with E-state index in [1.54, 1.807) is 66.7 Å². The summed E-state index contributed by atoms with van der Waals surface area (Å²) in [6, 6.07) is 26.1. The number of hydrogen-bond donors (Lipinski definition) is 2. The van der Waals surface area contributed by atoms with Gasteiger partial charge >= 0.3 is 5.97 Å². The predicted molar refractivity (Wildman–Crippen MR) is 257 cm³/mol. The highest BCUT2D eigenvalue weighted by Crippen LogP contribution is 2.40. The average Bonchev–Trinajstić information content (AvgIpc) is 3.99. The molecule has 0 spiro atoms. The number of carbonyl (C=O) groups excluding carboxylic acids is 2. The smallest absolute Gasteiger partial charge is 0.338 e. The Kier molecular flexibility index (Phi) is 16.6. The number of aryl methyl sites for hydroxylation is 1. The molecular weight excluding hydrogens is 829 g/mol. The van der Waals surface area contributed by atoms with Crippen LogP contribution in [0.3, 0.4) is 0 Å². The van der Waals surface area contributed by atoms with Gasteiger partial charge in [-0.05, 0) is 74.4 Å². The Morgan fingerprint density at radius 3 is 2.14 bits per heavy atom. The average molecular weight is 892 g/mol. The van der Waals surface area contributed by atoms with Gasteiger partial charge in [0.1, 0.15) is 11.4 Å². The number of sulfonamides is 1. The van der Waals surface area contributed by atoms with Gasteiger partial charge in [0.15, 0.2) is 18.1 Å². The summed E-state index contributed by atoms with van der Waals surface area (Å²) >= 11 is 0. The van der Waals surface area contributed by atoms with Crippen molar-refractivity contribution in [3.8, 4) is 11.4 Å². The molecule has 0 bridgehead atoms. The molecule has 5 aromatic rings. The number of aliphatic imine (C=N–C) groups is 1. The third-order valence-corrected chi connectivity index (χ3v) is 12.6. The van der Waals surface area contributed by atoms with Gasteiger partial charge < -0.3 is 14.8 Å². The number of amides is 1. The molecule has 6 rings (SSSR count). The number of unbranched alkanes of at least 4 members (excludes halogenated alkanes) is 11. The lowest BCUT2D eigenvalue weighted by Gasteiger charge is -2.19. The van der Waals surface area contributed by atoms with Crippen molar-refractivity contribution in [2.24, 2.45) is 4.99 Å². The van der Waals surface area contributed by atoms with Crippen LogP contribution >= 0.6 is 0 Å². The second-order valence-electron chi connectivity index (χ2n) is 16.7. The minimum absolute atomic E-state index is 0.00626. The molecule has 1 aliphatic rings. The summed E-state index contributed by atoms with van der Waals surface area (Å²) < 4.78 is 40.0. The number of carbonyl (C=O) groups is 2. The zero-order valence-electron chi connectivity index (χ0n) is 37.9. The van der Waals surface area contributed by atoms with E-state index in [-0.39, 0.29) is 35.6 Å². The number of benzene rings is 4. The quantitative estimate of drug-likeness (QED) is 0.0204. The predicted octanol–water partition coefficient (Wildman–Crippen LogP) is 9.54. The number of esters is 1. The maximum absolute atomic E-state index is 14.8. The molecule has 2 N–H and O–H groups in total. The minimum Gasteiger partial charge on any atom is -0.495 e. The molecular formula is C50H63N6O7S+. The van der Waals surface area contributed by atoms with Crippen molar-refractivity contribution in [3.63, 3.8) is 0 Å². The highest BCUT2D eigenvalue weighted by molar-refractivity contribution is 7.88. The Labute approximate surface area is 377 Å². The monoisotopic (exact) mass is 891 g/mol. The van der Waals surface area contributed by atoms with Crippen molar-refractivity contribution in [1.82, 2.24) is 18.8 Å². The zero-order valence-corrected chi connectivity index (χ0v) is 38.7. The first kappa shape index (κ1) is 47.8. The molecule has 0 aliphatic carbocycles. The largest absolute Gasteiger partial charge is 0.495 e. The van der Waals surface area contributed by atoms with Crippen LogP contribution in [0.4, 0.5) is 17.1 Å². The van der Waals surface area contributed by atoms with Crippen LogP contribution in [0, 0.1) is 6.92 Å². The first-order chi connectivity index (χ1) is 30.9. The van der Waals surface area contributed by atoms with Crippen LogP contribution in [0.1, 0.15) is 113 Å². The van der Waals surface area contributed by atoms with Crippen LogP contribution in [-0.4, -0.2) is 74.8 Å². The molecule has 2 heterocycles. The lowest BCUT2D eigenvalue weighted by Crippen LogP contribution is -2.38. The first-order valence-electron chi connectivity index (χ1n) is 22.7. The maximum atomic E-state index is 14.8. The summed E-state index contributed by atoms with van der Waals surface area (Å²) in [5, 5.41) is 3.27. The van der Waals surface area contributed by atoms with Gasteiger partial charge in [0.25, 0.3) is 11.5 Å². The number of para-hydroxylation sites is 2. The minimum atomic E-state index is -3.42. The number of aromatic nitrogens is 2. The maximum Gasteiger partial charge on any atom is 0.338 e. The van der Waals surface area contributed by atoms with E-state index < -0.39 is 27.5 Å². The molecule has 1 amide bonds. The van der Waals surface area contributed by atoms with Crippen LogP contribution in [-0.2, 0) is 19.6 Å². The number of likely N-dealkylation sites (N-methyl/N-ethyl adjacent to an activating group) is 1.